The summed E-state index contributed by atoms with van der Waals surface area (Å²) >= 11 is 0. The molecule has 158 valence electrons. The van der Waals surface area contributed by atoms with E-state index in [2.05, 4.69) is 15.4 Å². The Labute approximate surface area is 181 Å². The quantitative estimate of drug-likeness (QED) is 0.467. The van der Waals surface area contributed by atoms with Gasteiger partial charge in [0, 0.05) is 36.4 Å². The van der Waals surface area contributed by atoms with Crippen LogP contribution in [-0.4, -0.2) is 31.6 Å². The Morgan fingerprint density at radius 1 is 1.00 bits per heavy atom. The summed E-state index contributed by atoms with van der Waals surface area (Å²) in [5, 5.41) is 8.16. The van der Waals surface area contributed by atoms with Gasteiger partial charge in [-0.1, -0.05) is 24.3 Å². The first kappa shape index (κ1) is 19.6. The molecule has 0 radical (unpaired) electrons. The number of para-hydroxylation sites is 1. The van der Waals surface area contributed by atoms with Crippen molar-refractivity contribution in [2.45, 2.75) is 6.54 Å². The molecule has 8 heteroatoms. The molecule has 0 aliphatic rings. The number of hydrogen-bond acceptors (Lipinski definition) is 4. The number of pyridine rings is 1. The summed E-state index contributed by atoms with van der Waals surface area (Å²) in [5.41, 5.74) is 2.54. The van der Waals surface area contributed by atoms with Crippen molar-refractivity contribution in [1.29, 1.82) is 0 Å². The SMILES string of the molecule is O=C(NCCn1ccn2nc(-c3ccc(F)cc3)cc2c1=O)c1ccc2ccccc2n1. The molecule has 0 saturated heterocycles. The summed E-state index contributed by atoms with van der Waals surface area (Å²) in [6.45, 7) is 0.564. The average Bonchev–Trinajstić information content (AvgIpc) is 3.26. The highest BCUT2D eigenvalue weighted by molar-refractivity contribution is 5.94. The summed E-state index contributed by atoms with van der Waals surface area (Å²) in [6.07, 6.45) is 3.30. The molecule has 7 nitrogen and oxygen atoms in total. The number of carbonyl (C=O) groups is 1. The van der Waals surface area contributed by atoms with Crippen LogP contribution >= 0.6 is 0 Å². The number of carbonyl (C=O) groups excluding carboxylic acids is 1. The Morgan fingerprint density at radius 3 is 2.66 bits per heavy atom. The molecule has 3 heterocycles. The Hall–Kier alpha value is -4.33. The van der Waals surface area contributed by atoms with Crippen LogP contribution in [0.2, 0.25) is 0 Å². The Balaban J connectivity index is 1.30. The summed E-state index contributed by atoms with van der Waals surface area (Å²) in [6, 6.07) is 18.7. The van der Waals surface area contributed by atoms with Gasteiger partial charge in [-0.2, -0.15) is 5.10 Å². The summed E-state index contributed by atoms with van der Waals surface area (Å²) < 4.78 is 16.2. The normalized spacial score (nSPS) is 11.2. The monoisotopic (exact) mass is 427 g/mol. The highest BCUT2D eigenvalue weighted by atomic mass is 19.1. The first-order chi connectivity index (χ1) is 15.6. The maximum Gasteiger partial charge on any atom is 0.276 e. The van der Waals surface area contributed by atoms with E-state index >= 15 is 0 Å². The van der Waals surface area contributed by atoms with Crippen LogP contribution in [0.5, 0.6) is 0 Å². The van der Waals surface area contributed by atoms with Crippen LogP contribution in [0.15, 0.2) is 83.9 Å². The molecule has 2 aromatic carbocycles. The molecule has 0 saturated carbocycles. The van der Waals surface area contributed by atoms with Gasteiger partial charge in [0.25, 0.3) is 11.5 Å². The third-order valence-electron chi connectivity index (χ3n) is 5.21. The fraction of sp³-hybridized carbons (Fsp3) is 0.0833. The van der Waals surface area contributed by atoms with Crippen LogP contribution < -0.4 is 10.9 Å². The number of benzene rings is 2. The van der Waals surface area contributed by atoms with E-state index in [4.69, 9.17) is 0 Å². The summed E-state index contributed by atoms with van der Waals surface area (Å²) in [7, 11) is 0. The van der Waals surface area contributed by atoms with Crippen molar-refractivity contribution in [3.63, 3.8) is 0 Å². The zero-order valence-electron chi connectivity index (χ0n) is 16.9. The second-order valence-corrected chi connectivity index (χ2v) is 7.31. The lowest BCUT2D eigenvalue weighted by Gasteiger charge is -2.08. The molecule has 5 aromatic rings. The summed E-state index contributed by atoms with van der Waals surface area (Å²) in [4.78, 5) is 29.7. The smallest absolute Gasteiger partial charge is 0.276 e. The molecular formula is C24H18FN5O2. The van der Waals surface area contributed by atoms with E-state index in [0.717, 1.165) is 16.5 Å². The first-order valence-corrected chi connectivity index (χ1v) is 10.1. The van der Waals surface area contributed by atoms with Crippen molar-refractivity contribution >= 4 is 22.3 Å². The lowest BCUT2D eigenvalue weighted by molar-refractivity contribution is 0.0947. The number of amides is 1. The predicted molar refractivity (Wildman–Crippen MR) is 119 cm³/mol. The third-order valence-corrected chi connectivity index (χ3v) is 5.21. The van der Waals surface area contributed by atoms with Gasteiger partial charge in [0.2, 0.25) is 0 Å². The van der Waals surface area contributed by atoms with Gasteiger partial charge in [0.05, 0.1) is 11.2 Å². The van der Waals surface area contributed by atoms with Crippen molar-refractivity contribution < 1.29 is 9.18 Å². The minimum Gasteiger partial charge on any atom is -0.349 e. The first-order valence-electron chi connectivity index (χ1n) is 10.1. The zero-order valence-corrected chi connectivity index (χ0v) is 16.9. The van der Waals surface area contributed by atoms with Crippen LogP contribution in [0, 0.1) is 5.82 Å². The number of nitrogens with one attached hydrogen (secondary N) is 1. The van der Waals surface area contributed by atoms with E-state index in [-0.39, 0.29) is 23.8 Å². The van der Waals surface area contributed by atoms with Crippen molar-refractivity contribution in [1.82, 2.24) is 24.5 Å². The van der Waals surface area contributed by atoms with E-state index in [0.29, 0.717) is 23.4 Å². The fourth-order valence-electron chi connectivity index (χ4n) is 3.54. The molecule has 1 N–H and O–H groups in total. The predicted octanol–water partition coefficient (Wildman–Crippen LogP) is 3.28. The molecule has 0 fully saturated rings. The van der Waals surface area contributed by atoms with E-state index < -0.39 is 0 Å². The van der Waals surface area contributed by atoms with Gasteiger partial charge in [-0.3, -0.25) is 9.59 Å². The van der Waals surface area contributed by atoms with E-state index in [9.17, 15) is 14.0 Å². The number of rotatable bonds is 5. The highest BCUT2D eigenvalue weighted by Crippen LogP contribution is 2.18. The van der Waals surface area contributed by atoms with Gasteiger partial charge < -0.3 is 9.88 Å². The molecule has 0 aliphatic heterocycles. The lowest BCUT2D eigenvalue weighted by Crippen LogP contribution is -2.31. The topological polar surface area (TPSA) is 81.3 Å². The number of halogens is 1. The second kappa shape index (κ2) is 8.07. The van der Waals surface area contributed by atoms with E-state index in [1.54, 1.807) is 36.7 Å². The fourth-order valence-corrected chi connectivity index (χ4v) is 3.54. The second-order valence-electron chi connectivity index (χ2n) is 7.31. The van der Waals surface area contributed by atoms with Crippen molar-refractivity contribution in [3.8, 4) is 11.3 Å². The van der Waals surface area contributed by atoms with Crippen molar-refractivity contribution in [2.24, 2.45) is 0 Å². The maximum absolute atomic E-state index is 13.2. The Bertz CT molecular complexity index is 1500. The van der Waals surface area contributed by atoms with Crippen LogP contribution in [-0.2, 0) is 6.54 Å². The molecule has 5 rings (SSSR count). The molecule has 32 heavy (non-hydrogen) atoms. The van der Waals surface area contributed by atoms with Crippen LogP contribution in [0.25, 0.3) is 27.7 Å². The van der Waals surface area contributed by atoms with Crippen molar-refractivity contribution in [3.05, 3.63) is 101 Å². The minimum atomic E-state index is -0.333. The lowest BCUT2D eigenvalue weighted by atomic mass is 10.1. The Morgan fingerprint density at radius 2 is 1.81 bits per heavy atom. The molecule has 0 atom stereocenters. The largest absolute Gasteiger partial charge is 0.349 e. The highest BCUT2D eigenvalue weighted by Gasteiger charge is 2.11. The van der Waals surface area contributed by atoms with E-state index in [1.165, 1.54) is 21.2 Å². The standard InChI is InChI=1S/C24H18FN5O2/c25-18-8-5-17(6-9-18)21-15-22-24(32)29(13-14-30(22)28-21)12-11-26-23(31)20-10-7-16-3-1-2-4-19(16)27-20/h1-10,13-15H,11-12H2,(H,26,31). The minimum absolute atomic E-state index is 0.230. The van der Waals surface area contributed by atoms with Gasteiger partial charge in [0.1, 0.15) is 17.0 Å². The van der Waals surface area contributed by atoms with Gasteiger partial charge in [0.15, 0.2) is 0 Å². The molecule has 0 aliphatic carbocycles. The van der Waals surface area contributed by atoms with Gasteiger partial charge in [-0.05, 0) is 42.5 Å². The maximum atomic E-state index is 13.2. The molecule has 3 aromatic heterocycles. The molecule has 0 spiro atoms. The molecule has 0 bridgehead atoms. The third kappa shape index (κ3) is 3.74. The average molecular weight is 427 g/mol. The summed E-state index contributed by atoms with van der Waals surface area (Å²) in [5.74, 6) is -0.631. The molecular weight excluding hydrogens is 409 g/mol. The zero-order chi connectivity index (χ0) is 22.1. The molecule has 1 amide bonds. The number of fused-ring (bicyclic) bond motifs is 2. The van der Waals surface area contributed by atoms with Gasteiger partial charge >= 0.3 is 0 Å². The van der Waals surface area contributed by atoms with Crippen molar-refractivity contribution in [2.75, 3.05) is 6.54 Å². The van der Waals surface area contributed by atoms with Crippen LogP contribution in [0.3, 0.4) is 0 Å². The van der Waals surface area contributed by atoms with Gasteiger partial charge in [-0.15, -0.1) is 0 Å². The number of hydrogen-bond donors (Lipinski definition) is 1. The van der Waals surface area contributed by atoms with E-state index in [1.807, 2.05) is 30.3 Å². The number of aromatic nitrogens is 4. The number of nitrogens with zero attached hydrogens (tertiary/aromatic N) is 4. The van der Waals surface area contributed by atoms with Crippen LogP contribution in [0.4, 0.5) is 4.39 Å². The van der Waals surface area contributed by atoms with Crippen LogP contribution in [0.1, 0.15) is 10.5 Å². The van der Waals surface area contributed by atoms with Gasteiger partial charge in [-0.25, -0.2) is 13.9 Å². The Kier molecular flexibility index (Phi) is 4.95. The molecule has 0 unspecified atom stereocenters.